The molecule has 0 fully saturated rings. The SMILES string of the molecule is O=C(O)C(Cc1ccccc1)P(=O)(OCc1ccccc1)OCc1ccccc1. The maximum Gasteiger partial charge on any atom is 0.345 e. The zero-order chi connectivity index (χ0) is 20.5. The van der Waals surface area contributed by atoms with E-state index in [9.17, 15) is 14.5 Å². The van der Waals surface area contributed by atoms with Gasteiger partial charge in [0.15, 0.2) is 5.66 Å². The first-order valence-electron chi connectivity index (χ1n) is 9.30. The number of carbonyl (C=O) groups is 1. The normalized spacial score (nSPS) is 12.4. The third-order valence-electron chi connectivity index (χ3n) is 4.45. The van der Waals surface area contributed by atoms with Gasteiger partial charge >= 0.3 is 13.6 Å². The molecule has 0 aliphatic heterocycles. The van der Waals surface area contributed by atoms with Crippen LogP contribution in [-0.2, 0) is 38.0 Å². The van der Waals surface area contributed by atoms with Gasteiger partial charge in [-0.1, -0.05) is 91.0 Å². The fourth-order valence-corrected chi connectivity index (χ4v) is 4.66. The van der Waals surface area contributed by atoms with Gasteiger partial charge in [-0.25, -0.2) is 0 Å². The van der Waals surface area contributed by atoms with E-state index in [1.165, 1.54) is 0 Å². The predicted octanol–water partition coefficient (Wildman–Crippen LogP) is 5.31. The van der Waals surface area contributed by atoms with Crippen molar-refractivity contribution >= 4 is 13.6 Å². The van der Waals surface area contributed by atoms with E-state index < -0.39 is 19.2 Å². The minimum Gasteiger partial charge on any atom is -0.481 e. The summed E-state index contributed by atoms with van der Waals surface area (Å²) in [5.74, 6) is -1.21. The van der Waals surface area contributed by atoms with Crippen LogP contribution in [-0.4, -0.2) is 16.7 Å². The van der Waals surface area contributed by atoms with Crippen molar-refractivity contribution in [3.05, 3.63) is 108 Å². The fraction of sp³-hybridized carbons (Fsp3) is 0.174. The maximum atomic E-state index is 13.7. The highest BCUT2D eigenvalue weighted by Crippen LogP contribution is 2.55. The van der Waals surface area contributed by atoms with Gasteiger partial charge in [-0.15, -0.1) is 0 Å². The van der Waals surface area contributed by atoms with Crippen LogP contribution in [0, 0.1) is 0 Å². The summed E-state index contributed by atoms with van der Waals surface area (Å²) < 4.78 is 25.1. The van der Waals surface area contributed by atoms with E-state index in [2.05, 4.69) is 0 Å². The summed E-state index contributed by atoms with van der Waals surface area (Å²) in [4.78, 5) is 12.0. The summed E-state index contributed by atoms with van der Waals surface area (Å²) in [5, 5.41) is 9.83. The molecule has 0 spiro atoms. The molecule has 3 aromatic rings. The summed E-state index contributed by atoms with van der Waals surface area (Å²) >= 11 is 0. The molecule has 0 radical (unpaired) electrons. The number of benzene rings is 3. The van der Waals surface area contributed by atoms with Crippen molar-refractivity contribution in [2.75, 3.05) is 0 Å². The molecule has 150 valence electrons. The number of carboxylic acids is 1. The van der Waals surface area contributed by atoms with Crippen molar-refractivity contribution < 1.29 is 23.5 Å². The van der Waals surface area contributed by atoms with Crippen LogP contribution >= 0.6 is 7.60 Å². The molecule has 0 saturated heterocycles. The summed E-state index contributed by atoms with van der Waals surface area (Å²) in [6.07, 6.45) is 0.0526. The third-order valence-corrected chi connectivity index (χ3v) is 6.59. The minimum atomic E-state index is -3.98. The average molecular weight is 410 g/mol. The second kappa shape index (κ2) is 10.2. The van der Waals surface area contributed by atoms with Crippen LogP contribution in [0.25, 0.3) is 0 Å². The first kappa shape index (κ1) is 21.0. The molecule has 1 unspecified atom stereocenters. The molecule has 1 N–H and O–H groups in total. The van der Waals surface area contributed by atoms with Crippen LogP contribution in [0.2, 0.25) is 0 Å². The molecule has 29 heavy (non-hydrogen) atoms. The van der Waals surface area contributed by atoms with Gasteiger partial charge in [-0.2, -0.15) is 0 Å². The quantitative estimate of drug-likeness (QED) is 0.459. The topological polar surface area (TPSA) is 72.8 Å². The Morgan fingerprint density at radius 1 is 0.724 bits per heavy atom. The minimum absolute atomic E-state index is 0.00543. The van der Waals surface area contributed by atoms with Crippen molar-refractivity contribution in [1.29, 1.82) is 0 Å². The lowest BCUT2D eigenvalue weighted by Crippen LogP contribution is -2.25. The van der Waals surface area contributed by atoms with Crippen LogP contribution in [0.15, 0.2) is 91.0 Å². The Kier molecular flexibility index (Phi) is 7.36. The lowest BCUT2D eigenvalue weighted by molar-refractivity contribution is -0.137. The molecular weight excluding hydrogens is 387 g/mol. The Hall–Kier alpha value is -2.72. The largest absolute Gasteiger partial charge is 0.481 e. The Labute approximate surface area is 170 Å². The molecule has 0 aromatic heterocycles. The molecule has 0 aliphatic carbocycles. The fourth-order valence-electron chi connectivity index (χ4n) is 2.87. The summed E-state index contributed by atoms with van der Waals surface area (Å²) in [7, 11) is -3.98. The Balaban J connectivity index is 1.83. The molecule has 0 aliphatic rings. The van der Waals surface area contributed by atoms with Crippen molar-refractivity contribution in [3.8, 4) is 0 Å². The molecule has 0 amide bonds. The molecular formula is C23H23O5P. The van der Waals surface area contributed by atoms with Gasteiger partial charge in [0.05, 0.1) is 13.2 Å². The monoisotopic (exact) mass is 410 g/mol. The van der Waals surface area contributed by atoms with Crippen molar-refractivity contribution in [2.45, 2.75) is 25.3 Å². The molecule has 5 nitrogen and oxygen atoms in total. The Bertz CT molecular complexity index is 897. The summed E-state index contributed by atoms with van der Waals surface area (Å²) in [6.45, 7) is 0.0109. The third kappa shape index (κ3) is 6.13. The molecule has 1 atom stereocenters. The number of hydrogen-bond acceptors (Lipinski definition) is 4. The first-order chi connectivity index (χ1) is 14.1. The second-order valence-corrected chi connectivity index (χ2v) is 8.82. The van der Waals surface area contributed by atoms with Crippen LogP contribution in [0.5, 0.6) is 0 Å². The lowest BCUT2D eigenvalue weighted by Gasteiger charge is -2.24. The summed E-state index contributed by atoms with van der Waals surface area (Å²) in [6, 6.07) is 27.5. The molecule has 0 bridgehead atoms. The van der Waals surface area contributed by atoms with E-state index in [1.807, 2.05) is 78.9 Å². The molecule has 3 aromatic carbocycles. The predicted molar refractivity (Wildman–Crippen MR) is 112 cm³/mol. The van der Waals surface area contributed by atoms with E-state index in [1.54, 1.807) is 12.1 Å². The number of aliphatic carboxylic acids is 1. The van der Waals surface area contributed by atoms with Crippen LogP contribution < -0.4 is 0 Å². The molecule has 0 saturated carbocycles. The summed E-state index contributed by atoms with van der Waals surface area (Å²) in [5.41, 5.74) is 1.03. The maximum absolute atomic E-state index is 13.7. The van der Waals surface area contributed by atoms with Gasteiger partial charge in [-0.05, 0) is 23.1 Å². The highest BCUT2D eigenvalue weighted by molar-refractivity contribution is 7.55. The lowest BCUT2D eigenvalue weighted by atomic mass is 10.1. The standard InChI is InChI=1S/C23H23O5P/c24-23(25)22(16-19-10-4-1-5-11-19)29(26,27-17-20-12-6-2-7-13-20)28-18-21-14-8-3-9-15-21/h1-15,22H,16-18H2,(H,24,25). The van der Waals surface area contributed by atoms with Crippen molar-refractivity contribution in [3.63, 3.8) is 0 Å². The van der Waals surface area contributed by atoms with Gasteiger partial charge < -0.3 is 14.2 Å². The van der Waals surface area contributed by atoms with E-state index in [4.69, 9.17) is 9.05 Å². The van der Waals surface area contributed by atoms with Gasteiger partial charge in [0.25, 0.3) is 0 Å². The molecule has 6 heteroatoms. The van der Waals surface area contributed by atoms with E-state index in [-0.39, 0.29) is 19.6 Å². The zero-order valence-electron chi connectivity index (χ0n) is 15.9. The molecule has 3 rings (SSSR count). The van der Waals surface area contributed by atoms with E-state index >= 15 is 0 Å². The Morgan fingerprint density at radius 2 is 1.10 bits per heavy atom. The molecule has 0 heterocycles. The second-order valence-electron chi connectivity index (χ2n) is 6.60. The van der Waals surface area contributed by atoms with E-state index in [0.29, 0.717) is 0 Å². The van der Waals surface area contributed by atoms with Crippen LogP contribution in [0.4, 0.5) is 0 Å². The van der Waals surface area contributed by atoms with Crippen molar-refractivity contribution in [1.82, 2.24) is 0 Å². The van der Waals surface area contributed by atoms with Crippen molar-refractivity contribution in [2.24, 2.45) is 0 Å². The van der Waals surface area contributed by atoms with Gasteiger partial charge in [-0.3, -0.25) is 9.36 Å². The Morgan fingerprint density at radius 3 is 1.48 bits per heavy atom. The zero-order valence-corrected chi connectivity index (χ0v) is 16.8. The van der Waals surface area contributed by atoms with E-state index in [0.717, 1.165) is 16.7 Å². The van der Waals surface area contributed by atoms with Crippen LogP contribution in [0.1, 0.15) is 16.7 Å². The van der Waals surface area contributed by atoms with Gasteiger partial charge in [0.2, 0.25) is 0 Å². The number of carboxylic acid groups (broad SMARTS) is 1. The number of hydrogen-bond donors (Lipinski definition) is 1. The van der Waals surface area contributed by atoms with Gasteiger partial charge in [0, 0.05) is 0 Å². The highest BCUT2D eigenvalue weighted by Gasteiger charge is 2.42. The van der Waals surface area contributed by atoms with Crippen LogP contribution in [0.3, 0.4) is 0 Å². The van der Waals surface area contributed by atoms with Gasteiger partial charge in [0.1, 0.15) is 0 Å². The average Bonchev–Trinajstić information content (AvgIpc) is 2.77. The number of rotatable bonds is 10. The first-order valence-corrected chi connectivity index (χ1v) is 10.9. The highest BCUT2D eigenvalue weighted by atomic mass is 31.2. The smallest absolute Gasteiger partial charge is 0.345 e.